The molecule has 0 unspecified atom stereocenters. The molecule has 0 aliphatic heterocycles. The summed E-state index contributed by atoms with van der Waals surface area (Å²) in [7, 11) is 0. The zero-order valence-electron chi connectivity index (χ0n) is 14.0. The van der Waals surface area contributed by atoms with Gasteiger partial charge in [0.05, 0.1) is 6.04 Å². The Balaban J connectivity index is 2.14. The second kappa shape index (κ2) is 7.55. The van der Waals surface area contributed by atoms with Crippen LogP contribution in [0.5, 0.6) is 0 Å². The lowest BCUT2D eigenvalue weighted by molar-refractivity contribution is 0.471. The van der Waals surface area contributed by atoms with Crippen molar-refractivity contribution in [2.45, 2.75) is 33.7 Å². The molecule has 0 saturated carbocycles. The molecule has 0 heterocycles. The molecule has 0 aliphatic rings. The number of nitrogens with one attached hydrogen (secondary N) is 2. The summed E-state index contributed by atoms with van der Waals surface area (Å²) < 4.78 is 13.3. The van der Waals surface area contributed by atoms with Gasteiger partial charge in [0.25, 0.3) is 0 Å². The zero-order valence-corrected chi connectivity index (χ0v) is 14.8. The number of anilines is 1. The van der Waals surface area contributed by atoms with E-state index in [2.05, 4.69) is 56.5 Å². The van der Waals surface area contributed by atoms with E-state index >= 15 is 0 Å². The lowest BCUT2D eigenvalue weighted by atomic mass is 9.92. The van der Waals surface area contributed by atoms with Gasteiger partial charge in [0, 0.05) is 5.69 Å². The van der Waals surface area contributed by atoms with Gasteiger partial charge in [0.1, 0.15) is 5.82 Å². The van der Waals surface area contributed by atoms with Gasteiger partial charge in [-0.1, -0.05) is 43.7 Å². The quantitative estimate of drug-likeness (QED) is 0.760. The van der Waals surface area contributed by atoms with Crippen LogP contribution in [0.4, 0.5) is 10.1 Å². The molecule has 0 spiro atoms. The van der Waals surface area contributed by atoms with Crippen molar-refractivity contribution >= 4 is 23.0 Å². The summed E-state index contributed by atoms with van der Waals surface area (Å²) in [5.41, 5.74) is 4.36. The Bertz CT molecular complexity index is 698. The van der Waals surface area contributed by atoms with Crippen molar-refractivity contribution in [1.82, 2.24) is 5.32 Å². The van der Waals surface area contributed by atoms with Crippen LogP contribution in [0.2, 0.25) is 0 Å². The second-order valence-corrected chi connectivity index (χ2v) is 6.60. The molecule has 2 aromatic rings. The minimum atomic E-state index is -0.285. The molecule has 0 aromatic heterocycles. The van der Waals surface area contributed by atoms with Gasteiger partial charge < -0.3 is 10.6 Å². The Kier molecular flexibility index (Phi) is 5.72. The maximum atomic E-state index is 13.3. The van der Waals surface area contributed by atoms with Gasteiger partial charge in [-0.2, -0.15) is 0 Å². The van der Waals surface area contributed by atoms with Gasteiger partial charge >= 0.3 is 0 Å². The molecule has 0 bridgehead atoms. The summed E-state index contributed by atoms with van der Waals surface area (Å²) in [6.07, 6.45) is 0. The maximum Gasteiger partial charge on any atom is 0.171 e. The summed E-state index contributed by atoms with van der Waals surface area (Å²) in [6.45, 7) is 8.51. The molecular formula is C19H23FN2S. The molecule has 2 N–H and O–H groups in total. The van der Waals surface area contributed by atoms with Crippen molar-refractivity contribution in [3.8, 4) is 0 Å². The first-order valence-corrected chi connectivity index (χ1v) is 8.18. The van der Waals surface area contributed by atoms with Crippen molar-refractivity contribution in [1.29, 1.82) is 0 Å². The number of benzene rings is 2. The van der Waals surface area contributed by atoms with E-state index < -0.39 is 0 Å². The third-order valence-corrected chi connectivity index (χ3v) is 4.02. The van der Waals surface area contributed by atoms with Gasteiger partial charge in [-0.05, 0) is 61.3 Å². The average molecular weight is 330 g/mol. The van der Waals surface area contributed by atoms with Crippen molar-refractivity contribution in [3.63, 3.8) is 0 Å². The van der Waals surface area contributed by atoms with E-state index in [-0.39, 0.29) is 11.9 Å². The Morgan fingerprint density at radius 1 is 1.09 bits per heavy atom. The van der Waals surface area contributed by atoms with Crippen LogP contribution >= 0.6 is 12.2 Å². The van der Waals surface area contributed by atoms with Crippen LogP contribution in [0.1, 0.15) is 36.6 Å². The first-order valence-electron chi connectivity index (χ1n) is 7.77. The van der Waals surface area contributed by atoms with Crippen molar-refractivity contribution in [3.05, 3.63) is 65.0 Å². The number of hydrogen-bond acceptors (Lipinski definition) is 1. The minimum Gasteiger partial charge on any atom is -0.355 e. The molecule has 2 nitrogen and oxygen atoms in total. The van der Waals surface area contributed by atoms with Gasteiger partial charge in [0.2, 0.25) is 0 Å². The fourth-order valence-corrected chi connectivity index (χ4v) is 2.90. The van der Waals surface area contributed by atoms with Crippen LogP contribution in [-0.2, 0) is 0 Å². The molecule has 23 heavy (non-hydrogen) atoms. The molecule has 1 atom stereocenters. The molecule has 0 saturated heterocycles. The Morgan fingerprint density at radius 2 is 1.83 bits per heavy atom. The van der Waals surface area contributed by atoms with Crippen LogP contribution in [0.15, 0.2) is 42.5 Å². The predicted octanol–water partition coefficient (Wildman–Crippen LogP) is 5.13. The number of aryl methyl sites for hydroxylation is 2. The SMILES string of the molecule is Cc1ccc([C@H](NC(=S)Nc2cccc(F)c2)C(C)C)c(C)c1. The van der Waals surface area contributed by atoms with Crippen LogP contribution in [-0.4, -0.2) is 5.11 Å². The summed E-state index contributed by atoms with van der Waals surface area (Å²) in [5, 5.41) is 6.90. The van der Waals surface area contributed by atoms with Crippen LogP contribution in [0.3, 0.4) is 0 Å². The Labute approximate surface area is 143 Å². The Morgan fingerprint density at radius 3 is 2.43 bits per heavy atom. The highest BCUT2D eigenvalue weighted by atomic mass is 32.1. The first kappa shape index (κ1) is 17.4. The molecule has 122 valence electrons. The molecular weight excluding hydrogens is 307 g/mol. The molecule has 0 amide bonds. The smallest absolute Gasteiger partial charge is 0.171 e. The highest BCUT2D eigenvalue weighted by Gasteiger charge is 2.18. The van der Waals surface area contributed by atoms with E-state index in [9.17, 15) is 4.39 Å². The van der Waals surface area contributed by atoms with E-state index in [4.69, 9.17) is 12.2 Å². The van der Waals surface area contributed by atoms with Gasteiger partial charge in [-0.25, -0.2) is 4.39 Å². The number of thiocarbonyl (C=S) groups is 1. The van der Waals surface area contributed by atoms with Crippen LogP contribution in [0.25, 0.3) is 0 Å². The average Bonchev–Trinajstić information content (AvgIpc) is 2.45. The van der Waals surface area contributed by atoms with E-state index in [0.29, 0.717) is 16.7 Å². The molecule has 2 rings (SSSR count). The summed E-state index contributed by atoms with van der Waals surface area (Å²) in [6, 6.07) is 12.8. The molecule has 4 heteroatoms. The molecule has 0 aliphatic carbocycles. The third kappa shape index (κ3) is 4.76. The minimum absolute atomic E-state index is 0.101. The van der Waals surface area contributed by atoms with Gasteiger partial charge in [-0.3, -0.25) is 0 Å². The lowest BCUT2D eigenvalue weighted by Crippen LogP contribution is -2.35. The van der Waals surface area contributed by atoms with Crippen molar-refractivity contribution < 1.29 is 4.39 Å². The molecule has 2 aromatic carbocycles. The van der Waals surface area contributed by atoms with Gasteiger partial charge in [-0.15, -0.1) is 0 Å². The van der Waals surface area contributed by atoms with Crippen molar-refractivity contribution in [2.24, 2.45) is 5.92 Å². The number of rotatable bonds is 4. The fourth-order valence-electron chi connectivity index (χ4n) is 2.65. The van der Waals surface area contributed by atoms with E-state index in [1.54, 1.807) is 12.1 Å². The summed E-state index contributed by atoms with van der Waals surface area (Å²) in [5.74, 6) is 0.0799. The zero-order chi connectivity index (χ0) is 17.0. The maximum absolute atomic E-state index is 13.3. The van der Waals surface area contributed by atoms with E-state index in [0.717, 1.165) is 0 Å². The topological polar surface area (TPSA) is 24.1 Å². The van der Waals surface area contributed by atoms with Crippen molar-refractivity contribution in [2.75, 3.05) is 5.32 Å². The largest absolute Gasteiger partial charge is 0.355 e. The number of hydrogen-bond donors (Lipinski definition) is 2. The second-order valence-electron chi connectivity index (χ2n) is 6.19. The molecule has 0 fully saturated rings. The first-order chi connectivity index (χ1) is 10.9. The van der Waals surface area contributed by atoms with Crippen LogP contribution < -0.4 is 10.6 Å². The molecule has 0 radical (unpaired) electrons. The Hall–Kier alpha value is -1.94. The standard InChI is InChI=1S/C19H23FN2S/c1-12(2)18(17-9-8-13(3)10-14(17)4)22-19(23)21-16-7-5-6-15(20)11-16/h5-12,18H,1-4H3,(H2,21,22,23)/t18-/m1/s1. The van der Waals surface area contributed by atoms with E-state index in [1.807, 2.05) is 0 Å². The third-order valence-electron chi connectivity index (χ3n) is 3.80. The van der Waals surface area contributed by atoms with Crippen LogP contribution in [0, 0.1) is 25.6 Å². The predicted molar refractivity (Wildman–Crippen MR) is 99.3 cm³/mol. The fraction of sp³-hybridized carbons (Fsp3) is 0.316. The monoisotopic (exact) mass is 330 g/mol. The summed E-state index contributed by atoms with van der Waals surface area (Å²) >= 11 is 5.40. The van der Waals surface area contributed by atoms with E-state index in [1.165, 1.54) is 28.8 Å². The van der Waals surface area contributed by atoms with Gasteiger partial charge in [0.15, 0.2) is 5.11 Å². The highest BCUT2D eigenvalue weighted by Crippen LogP contribution is 2.25. The lowest BCUT2D eigenvalue weighted by Gasteiger charge is -2.26. The number of halogens is 1. The normalized spacial score (nSPS) is 12.1. The highest BCUT2D eigenvalue weighted by molar-refractivity contribution is 7.80. The summed E-state index contributed by atoms with van der Waals surface area (Å²) in [4.78, 5) is 0.